The van der Waals surface area contributed by atoms with Crippen molar-refractivity contribution < 1.29 is 9.53 Å². The Bertz CT molecular complexity index is 477. The van der Waals surface area contributed by atoms with E-state index < -0.39 is 5.41 Å². The molecule has 1 aromatic rings. The number of hydrogen-bond acceptors (Lipinski definition) is 3. The highest BCUT2D eigenvalue weighted by Gasteiger charge is 2.42. The van der Waals surface area contributed by atoms with E-state index in [0.717, 1.165) is 18.7 Å². The summed E-state index contributed by atoms with van der Waals surface area (Å²) in [6, 6.07) is 7.63. The van der Waals surface area contributed by atoms with Crippen molar-refractivity contribution in [2.75, 3.05) is 32.8 Å². The lowest BCUT2D eigenvalue weighted by Gasteiger charge is -2.36. The van der Waals surface area contributed by atoms with Crippen LogP contribution in [0.3, 0.4) is 0 Å². The highest BCUT2D eigenvalue weighted by molar-refractivity contribution is 6.31. The van der Waals surface area contributed by atoms with E-state index in [0.29, 0.717) is 37.6 Å². The Labute approximate surface area is 143 Å². The monoisotopic (exact) mass is 346 g/mol. The van der Waals surface area contributed by atoms with Crippen molar-refractivity contribution >= 4 is 29.9 Å². The summed E-state index contributed by atoms with van der Waals surface area (Å²) in [6.45, 7) is 5.53. The van der Waals surface area contributed by atoms with Crippen molar-refractivity contribution in [2.45, 2.75) is 25.2 Å². The number of nitrogens with one attached hydrogen (secondary N) is 2. The van der Waals surface area contributed by atoms with Crippen LogP contribution in [0.2, 0.25) is 5.02 Å². The van der Waals surface area contributed by atoms with Crippen LogP contribution in [0.5, 0.6) is 0 Å². The normalized spacial score (nSPS) is 16.6. The van der Waals surface area contributed by atoms with E-state index in [4.69, 9.17) is 16.3 Å². The number of hydrogen-bond donors (Lipinski definition) is 2. The van der Waals surface area contributed by atoms with Gasteiger partial charge in [-0.15, -0.1) is 12.4 Å². The number of likely N-dealkylation sites (N-methyl/N-ethyl adjacent to an activating group) is 1. The minimum atomic E-state index is -0.567. The van der Waals surface area contributed by atoms with Crippen LogP contribution in [-0.2, 0) is 14.9 Å². The number of rotatable bonds is 6. The van der Waals surface area contributed by atoms with Crippen molar-refractivity contribution in [1.82, 2.24) is 10.6 Å². The summed E-state index contributed by atoms with van der Waals surface area (Å²) in [5.74, 6) is 0.0526. The maximum Gasteiger partial charge on any atom is 0.230 e. The van der Waals surface area contributed by atoms with E-state index in [1.807, 2.05) is 31.2 Å². The molecular weight excluding hydrogens is 323 g/mol. The number of halogens is 2. The molecule has 0 saturated carbocycles. The van der Waals surface area contributed by atoms with Gasteiger partial charge < -0.3 is 15.4 Å². The molecule has 0 bridgehead atoms. The quantitative estimate of drug-likeness (QED) is 0.778. The van der Waals surface area contributed by atoms with Gasteiger partial charge in [0.25, 0.3) is 0 Å². The van der Waals surface area contributed by atoms with Gasteiger partial charge in [0.05, 0.1) is 5.41 Å². The molecule has 1 saturated heterocycles. The Hall–Kier alpha value is -0.810. The van der Waals surface area contributed by atoms with Crippen molar-refractivity contribution in [3.63, 3.8) is 0 Å². The van der Waals surface area contributed by atoms with E-state index >= 15 is 0 Å². The van der Waals surface area contributed by atoms with E-state index in [1.165, 1.54) is 0 Å². The number of amides is 1. The first-order valence-electron chi connectivity index (χ1n) is 7.52. The van der Waals surface area contributed by atoms with E-state index in [1.54, 1.807) is 0 Å². The molecule has 1 fully saturated rings. The molecule has 0 aromatic heterocycles. The van der Waals surface area contributed by atoms with Gasteiger partial charge in [0.2, 0.25) is 5.91 Å². The first kappa shape index (κ1) is 19.2. The van der Waals surface area contributed by atoms with Crippen LogP contribution in [0.15, 0.2) is 24.3 Å². The molecule has 0 unspecified atom stereocenters. The molecule has 1 aromatic carbocycles. The molecule has 22 heavy (non-hydrogen) atoms. The standard InChI is InChI=1S/C16H23ClN2O2.ClH/c1-2-18-9-10-19-15(20)16(7-11-21-12-8-16)13-5-3-4-6-14(13)17;/h3-6,18H,2,7-12H2,1H3,(H,19,20);1H. The smallest absolute Gasteiger partial charge is 0.230 e. The van der Waals surface area contributed by atoms with Crippen LogP contribution in [-0.4, -0.2) is 38.8 Å². The third kappa shape index (κ3) is 4.35. The van der Waals surface area contributed by atoms with Gasteiger partial charge in [-0.2, -0.15) is 0 Å². The van der Waals surface area contributed by atoms with Crippen LogP contribution in [0, 0.1) is 0 Å². The first-order valence-corrected chi connectivity index (χ1v) is 7.90. The van der Waals surface area contributed by atoms with E-state index in [-0.39, 0.29) is 18.3 Å². The highest BCUT2D eigenvalue weighted by Crippen LogP contribution is 2.38. The summed E-state index contributed by atoms with van der Waals surface area (Å²) < 4.78 is 5.44. The fraction of sp³-hybridized carbons (Fsp3) is 0.562. The van der Waals surface area contributed by atoms with Crippen molar-refractivity contribution in [2.24, 2.45) is 0 Å². The number of benzene rings is 1. The van der Waals surface area contributed by atoms with Gasteiger partial charge in [-0.1, -0.05) is 36.7 Å². The lowest BCUT2D eigenvalue weighted by Crippen LogP contribution is -2.49. The second kappa shape index (κ2) is 9.36. The second-order valence-electron chi connectivity index (χ2n) is 5.28. The molecule has 1 heterocycles. The SMILES string of the molecule is CCNCCNC(=O)C1(c2ccccc2Cl)CCOCC1.Cl. The molecule has 0 radical (unpaired) electrons. The lowest BCUT2D eigenvalue weighted by atomic mass is 9.73. The largest absolute Gasteiger partial charge is 0.381 e. The van der Waals surface area contributed by atoms with Crippen molar-refractivity contribution in [1.29, 1.82) is 0 Å². The van der Waals surface area contributed by atoms with Crippen LogP contribution in [0.1, 0.15) is 25.3 Å². The summed E-state index contributed by atoms with van der Waals surface area (Å²) in [7, 11) is 0. The van der Waals surface area contributed by atoms with Crippen LogP contribution in [0.25, 0.3) is 0 Å². The Balaban J connectivity index is 0.00000242. The average molecular weight is 347 g/mol. The Morgan fingerprint density at radius 3 is 2.59 bits per heavy atom. The maximum absolute atomic E-state index is 12.8. The van der Waals surface area contributed by atoms with E-state index in [2.05, 4.69) is 10.6 Å². The molecule has 124 valence electrons. The minimum Gasteiger partial charge on any atom is -0.381 e. The summed E-state index contributed by atoms with van der Waals surface area (Å²) in [4.78, 5) is 12.8. The predicted molar refractivity (Wildman–Crippen MR) is 92.0 cm³/mol. The molecule has 0 aliphatic carbocycles. The van der Waals surface area contributed by atoms with E-state index in [9.17, 15) is 4.79 Å². The zero-order valence-electron chi connectivity index (χ0n) is 12.9. The lowest BCUT2D eigenvalue weighted by molar-refractivity contribution is -0.130. The van der Waals surface area contributed by atoms with Crippen LogP contribution >= 0.6 is 24.0 Å². The predicted octanol–water partition coefficient (Wildman–Crippen LogP) is 2.54. The first-order chi connectivity index (χ1) is 10.2. The topological polar surface area (TPSA) is 50.4 Å². The molecule has 0 spiro atoms. The molecule has 1 aliphatic rings. The number of carbonyl (C=O) groups is 1. The summed E-state index contributed by atoms with van der Waals surface area (Å²) in [5.41, 5.74) is 0.346. The number of ether oxygens (including phenoxy) is 1. The van der Waals surface area contributed by atoms with Gasteiger partial charge in [-0.25, -0.2) is 0 Å². The van der Waals surface area contributed by atoms with Gasteiger partial charge in [0.15, 0.2) is 0 Å². The second-order valence-corrected chi connectivity index (χ2v) is 5.69. The third-order valence-electron chi connectivity index (χ3n) is 4.01. The number of carbonyl (C=O) groups excluding carboxylic acids is 1. The van der Waals surface area contributed by atoms with Gasteiger partial charge in [0, 0.05) is 31.3 Å². The molecule has 6 heteroatoms. The Morgan fingerprint density at radius 2 is 1.95 bits per heavy atom. The highest BCUT2D eigenvalue weighted by atomic mass is 35.5. The Morgan fingerprint density at radius 1 is 1.27 bits per heavy atom. The van der Waals surface area contributed by atoms with Gasteiger partial charge in [0.1, 0.15) is 0 Å². The van der Waals surface area contributed by atoms with Crippen LogP contribution in [0.4, 0.5) is 0 Å². The van der Waals surface area contributed by atoms with Crippen molar-refractivity contribution in [3.05, 3.63) is 34.9 Å². The van der Waals surface area contributed by atoms with Crippen molar-refractivity contribution in [3.8, 4) is 0 Å². The molecular formula is C16H24Cl2N2O2. The van der Waals surface area contributed by atoms with Gasteiger partial charge >= 0.3 is 0 Å². The molecule has 1 aliphatic heterocycles. The van der Waals surface area contributed by atoms with Gasteiger partial charge in [-0.3, -0.25) is 4.79 Å². The third-order valence-corrected chi connectivity index (χ3v) is 4.34. The Kier molecular flexibility index (Phi) is 8.18. The molecule has 2 rings (SSSR count). The maximum atomic E-state index is 12.8. The molecule has 1 amide bonds. The summed E-state index contributed by atoms with van der Waals surface area (Å²) >= 11 is 6.34. The summed E-state index contributed by atoms with van der Waals surface area (Å²) in [5, 5.41) is 6.90. The molecule has 2 N–H and O–H groups in total. The van der Waals surface area contributed by atoms with Crippen LogP contribution < -0.4 is 10.6 Å². The zero-order valence-corrected chi connectivity index (χ0v) is 14.4. The minimum absolute atomic E-state index is 0. The summed E-state index contributed by atoms with van der Waals surface area (Å²) in [6.07, 6.45) is 1.34. The molecule has 4 nitrogen and oxygen atoms in total. The fourth-order valence-corrected chi connectivity index (χ4v) is 3.11. The average Bonchev–Trinajstić information content (AvgIpc) is 2.52. The van der Waals surface area contributed by atoms with Gasteiger partial charge in [-0.05, 0) is 31.0 Å². The fourth-order valence-electron chi connectivity index (χ4n) is 2.80. The zero-order chi connectivity index (χ0) is 15.1. The molecule has 0 atom stereocenters.